The Balaban J connectivity index is 1.54. The van der Waals surface area contributed by atoms with Gasteiger partial charge in [-0.25, -0.2) is 4.79 Å². The highest BCUT2D eigenvalue weighted by molar-refractivity contribution is 5.89. The van der Waals surface area contributed by atoms with Gasteiger partial charge in [-0.3, -0.25) is 0 Å². The van der Waals surface area contributed by atoms with Crippen molar-refractivity contribution in [2.75, 3.05) is 12.4 Å². The maximum absolute atomic E-state index is 12.4. The lowest BCUT2D eigenvalue weighted by Gasteiger charge is -2.17. The van der Waals surface area contributed by atoms with E-state index in [-0.39, 0.29) is 6.03 Å². The summed E-state index contributed by atoms with van der Waals surface area (Å²) in [6, 6.07) is 18.6. The minimum absolute atomic E-state index is 0.239. The van der Waals surface area contributed by atoms with Crippen LogP contribution in [0.5, 0.6) is 5.75 Å². The fraction of sp³-hybridized carbons (Fsp3) is 0.227. The number of ether oxygens (including phenoxy) is 1. The van der Waals surface area contributed by atoms with Crippen LogP contribution in [0.2, 0.25) is 0 Å². The Morgan fingerprint density at radius 1 is 1.21 bits per heavy atom. The SMILES string of the molecule is Cc1cc(CN(C)C(=O)Nc2cccc(COc3ccc(CC#N)cc3)c2)no1. The van der Waals surface area contributed by atoms with Gasteiger partial charge in [0.1, 0.15) is 23.8 Å². The van der Waals surface area contributed by atoms with Crippen LogP contribution in [0.25, 0.3) is 0 Å². The molecule has 3 rings (SSSR count). The van der Waals surface area contributed by atoms with E-state index in [0.717, 1.165) is 16.9 Å². The number of nitrogens with zero attached hydrogens (tertiary/aromatic N) is 3. The molecule has 0 unspecified atom stereocenters. The Morgan fingerprint density at radius 2 is 2.00 bits per heavy atom. The third-order valence-corrected chi connectivity index (χ3v) is 4.21. The molecule has 0 saturated heterocycles. The molecule has 7 nitrogen and oxygen atoms in total. The molecule has 0 atom stereocenters. The summed E-state index contributed by atoms with van der Waals surface area (Å²) in [5.41, 5.74) is 3.26. The van der Waals surface area contributed by atoms with Gasteiger partial charge in [0.25, 0.3) is 0 Å². The number of urea groups is 1. The van der Waals surface area contributed by atoms with E-state index in [4.69, 9.17) is 14.5 Å². The third kappa shape index (κ3) is 5.84. The molecule has 0 aliphatic carbocycles. The number of anilines is 1. The molecule has 1 heterocycles. The van der Waals surface area contributed by atoms with Gasteiger partial charge in [0.15, 0.2) is 0 Å². The van der Waals surface area contributed by atoms with Crippen molar-refractivity contribution < 1.29 is 14.1 Å². The molecule has 0 bridgehead atoms. The summed E-state index contributed by atoms with van der Waals surface area (Å²) < 4.78 is 10.8. The van der Waals surface area contributed by atoms with Gasteiger partial charge in [0.05, 0.1) is 19.0 Å². The lowest BCUT2D eigenvalue weighted by Crippen LogP contribution is -2.30. The Morgan fingerprint density at radius 3 is 2.69 bits per heavy atom. The van der Waals surface area contributed by atoms with Crippen molar-refractivity contribution >= 4 is 11.7 Å². The van der Waals surface area contributed by atoms with Crippen LogP contribution in [0.1, 0.15) is 22.6 Å². The Hall–Kier alpha value is -3.79. The maximum Gasteiger partial charge on any atom is 0.321 e. The number of nitrogens with one attached hydrogen (secondary N) is 1. The molecule has 7 heteroatoms. The molecular weight excluding hydrogens is 368 g/mol. The number of hydrogen-bond acceptors (Lipinski definition) is 5. The first-order valence-electron chi connectivity index (χ1n) is 9.15. The Labute approximate surface area is 169 Å². The van der Waals surface area contributed by atoms with E-state index in [1.165, 1.54) is 4.90 Å². The molecule has 0 spiro atoms. The van der Waals surface area contributed by atoms with Crippen molar-refractivity contribution in [2.24, 2.45) is 0 Å². The van der Waals surface area contributed by atoms with E-state index in [2.05, 4.69) is 16.5 Å². The van der Waals surface area contributed by atoms with Gasteiger partial charge in [-0.2, -0.15) is 5.26 Å². The normalized spacial score (nSPS) is 10.2. The lowest BCUT2D eigenvalue weighted by atomic mass is 10.1. The fourth-order valence-electron chi connectivity index (χ4n) is 2.73. The fourth-order valence-corrected chi connectivity index (χ4v) is 2.73. The standard InChI is InChI=1S/C22H22N4O3/c1-16-12-20(25-29-16)14-26(2)22(27)24-19-5-3-4-18(13-19)15-28-21-8-6-17(7-9-21)10-11-23/h3-9,12-13H,10,14-15H2,1-2H3,(H,24,27). The molecule has 0 aliphatic rings. The summed E-state index contributed by atoms with van der Waals surface area (Å²) >= 11 is 0. The van der Waals surface area contributed by atoms with Gasteiger partial charge in [0, 0.05) is 18.8 Å². The van der Waals surface area contributed by atoms with Crippen LogP contribution in [0.3, 0.4) is 0 Å². The molecule has 0 radical (unpaired) electrons. The topological polar surface area (TPSA) is 91.4 Å². The van der Waals surface area contributed by atoms with Crippen molar-refractivity contribution in [1.29, 1.82) is 5.26 Å². The molecular formula is C22H22N4O3. The van der Waals surface area contributed by atoms with Crippen LogP contribution in [-0.4, -0.2) is 23.1 Å². The second kappa shape index (κ2) is 9.42. The van der Waals surface area contributed by atoms with Gasteiger partial charge in [0.2, 0.25) is 0 Å². The van der Waals surface area contributed by atoms with Gasteiger partial charge in [-0.05, 0) is 42.3 Å². The number of carbonyl (C=O) groups excluding carboxylic acids is 1. The van der Waals surface area contributed by atoms with Crippen LogP contribution in [-0.2, 0) is 19.6 Å². The largest absolute Gasteiger partial charge is 0.489 e. The van der Waals surface area contributed by atoms with E-state index in [1.807, 2.05) is 55.5 Å². The molecule has 29 heavy (non-hydrogen) atoms. The van der Waals surface area contributed by atoms with Gasteiger partial charge in [-0.15, -0.1) is 0 Å². The predicted octanol–water partition coefficient (Wildman–Crippen LogP) is 4.29. The molecule has 1 N–H and O–H groups in total. The zero-order chi connectivity index (χ0) is 20.6. The number of carbonyl (C=O) groups is 1. The third-order valence-electron chi connectivity index (χ3n) is 4.21. The Kier molecular flexibility index (Phi) is 6.48. The van der Waals surface area contributed by atoms with Crippen LogP contribution < -0.4 is 10.1 Å². The second-order valence-electron chi connectivity index (χ2n) is 6.68. The van der Waals surface area contributed by atoms with Crippen molar-refractivity contribution in [2.45, 2.75) is 26.5 Å². The molecule has 0 aliphatic heterocycles. The summed E-state index contributed by atoms with van der Waals surface area (Å²) in [6.07, 6.45) is 0.382. The van der Waals surface area contributed by atoms with Crippen molar-refractivity contribution in [3.63, 3.8) is 0 Å². The molecule has 0 saturated carbocycles. The summed E-state index contributed by atoms with van der Waals surface area (Å²) in [4.78, 5) is 13.9. The zero-order valence-corrected chi connectivity index (χ0v) is 16.4. The second-order valence-corrected chi connectivity index (χ2v) is 6.68. The number of aromatic nitrogens is 1. The van der Waals surface area contributed by atoms with Gasteiger partial charge < -0.3 is 19.5 Å². The van der Waals surface area contributed by atoms with E-state index in [1.54, 1.807) is 13.1 Å². The highest BCUT2D eigenvalue weighted by Crippen LogP contribution is 2.17. The van der Waals surface area contributed by atoms with Crippen LogP contribution >= 0.6 is 0 Å². The molecule has 2 aromatic carbocycles. The number of amides is 2. The molecule has 148 valence electrons. The number of aryl methyl sites for hydroxylation is 1. The predicted molar refractivity (Wildman–Crippen MR) is 108 cm³/mol. The van der Waals surface area contributed by atoms with Gasteiger partial charge >= 0.3 is 6.03 Å². The van der Waals surface area contributed by atoms with E-state index in [0.29, 0.717) is 36.7 Å². The first kappa shape index (κ1) is 20.0. The van der Waals surface area contributed by atoms with E-state index < -0.39 is 0 Å². The van der Waals surface area contributed by atoms with E-state index >= 15 is 0 Å². The molecule has 2 amide bonds. The molecule has 3 aromatic rings. The molecule has 1 aromatic heterocycles. The van der Waals surface area contributed by atoms with Crippen LogP contribution in [0.15, 0.2) is 59.1 Å². The molecule has 0 fully saturated rings. The summed E-state index contributed by atoms with van der Waals surface area (Å²) in [7, 11) is 1.70. The quantitative estimate of drug-likeness (QED) is 0.650. The van der Waals surface area contributed by atoms with Crippen molar-refractivity contribution in [3.8, 4) is 11.8 Å². The highest BCUT2D eigenvalue weighted by atomic mass is 16.5. The summed E-state index contributed by atoms with van der Waals surface area (Å²) in [6.45, 7) is 2.54. The first-order valence-corrected chi connectivity index (χ1v) is 9.15. The smallest absolute Gasteiger partial charge is 0.321 e. The average Bonchev–Trinajstić information content (AvgIpc) is 3.12. The lowest BCUT2D eigenvalue weighted by molar-refractivity contribution is 0.219. The monoisotopic (exact) mass is 390 g/mol. The zero-order valence-electron chi connectivity index (χ0n) is 16.4. The summed E-state index contributed by atoms with van der Waals surface area (Å²) in [5, 5.41) is 15.5. The van der Waals surface area contributed by atoms with Gasteiger partial charge in [-0.1, -0.05) is 29.4 Å². The van der Waals surface area contributed by atoms with Crippen molar-refractivity contribution in [3.05, 3.63) is 77.2 Å². The number of benzene rings is 2. The minimum atomic E-state index is -0.239. The average molecular weight is 390 g/mol. The first-order chi connectivity index (χ1) is 14.0. The minimum Gasteiger partial charge on any atom is -0.489 e. The maximum atomic E-state index is 12.4. The van der Waals surface area contributed by atoms with E-state index in [9.17, 15) is 4.79 Å². The highest BCUT2D eigenvalue weighted by Gasteiger charge is 2.12. The number of nitriles is 1. The van der Waals surface area contributed by atoms with Crippen LogP contribution in [0.4, 0.5) is 10.5 Å². The number of hydrogen-bond donors (Lipinski definition) is 1. The number of rotatable bonds is 7. The van der Waals surface area contributed by atoms with Crippen molar-refractivity contribution in [1.82, 2.24) is 10.1 Å². The van der Waals surface area contributed by atoms with Crippen LogP contribution in [0, 0.1) is 18.3 Å². The Bertz CT molecular complexity index is 1010. The summed E-state index contributed by atoms with van der Waals surface area (Å²) in [5.74, 6) is 1.44.